The molecule has 0 aromatic rings. The number of hydrogen-bond acceptors (Lipinski definition) is 6. The fourth-order valence-electron chi connectivity index (χ4n) is 2.09. The second-order valence-corrected chi connectivity index (χ2v) is 6.41. The van der Waals surface area contributed by atoms with Gasteiger partial charge in [-0.2, -0.15) is 12.6 Å². The zero-order valence-electron chi connectivity index (χ0n) is 15.1. The van der Waals surface area contributed by atoms with Crippen molar-refractivity contribution in [2.75, 3.05) is 12.3 Å². The van der Waals surface area contributed by atoms with E-state index in [-0.39, 0.29) is 17.6 Å². The highest BCUT2D eigenvalue weighted by molar-refractivity contribution is 7.80. The summed E-state index contributed by atoms with van der Waals surface area (Å²) in [6, 6.07) is -2.86. The lowest BCUT2D eigenvalue weighted by Crippen LogP contribution is -2.57. The van der Waals surface area contributed by atoms with Crippen LogP contribution in [0.2, 0.25) is 0 Å². The Labute approximate surface area is 158 Å². The molecule has 0 bridgehead atoms. The standard InChI is InChI=1S/C15H30N6O4S/c1-3-8(2)11(13(23)20-10(7-26)14(24)25)21-12(22)9(16)5-4-6-19-15(17)18/h8-11,26H,3-7,16H2,1-2H3,(H,20,23)(H,21,22)(H,24,25)(H4,17,18,19)/t8-,9-,10-,11-/m0/s1. The third kappa shape index (κ3) is 8.90. The Hall–Kier alpha value is -2.01. The van der Waals surface area contributed by atoms with Gasteiger partial charge in [-0.15, -0.1) is 0 Å². The van der Waals surface area contributed by atoms with E-state index in [9.17, 15) is 14.4 Å². The number of thiol groups is 1. The van der Waals surface area contributed by atoms with E-state index < -0.39 is 35.9 Å². The number of rotatable bonds is 12. The summed E-state index contributed by atoms with van der Waals surface area (Å²) in [6.45, 7) is 4.05. The number of hydrogen-bond donors (Lipinski definition) is 8. The Kier molecular flexibility index (Phi) is 11.4. The number of carbonyl (C=O) groups is 3. The van der Waals surface area contributed by atoms with Crippen LogP contribution in [0.4, 0.5) is 0 Å². The van der Waals surface area contributed by atoms with Crippen molar-refractivity contribution in [1.82, 2.24) is 16.0 Å². The summed E-state index contributed by atoms with van der Waals surface area (Å²) < 4.78 is 0. The summed E-state index contributed by atoms with van der Waals surface area (Å²) in [5.74, 6) is -2.71. The topological polar surface area (TPSA) is 183 Å². The number of nitrogens with one attached hydrogen (secondary N) is 4. The number of guanidine groups is 1. The van der Waals surface area contributed by atoms with E-state index in [2.05, 4.69) is 28.6 Å². The van der Waals surface area contributed by atoms with Crippen LogP contribution in [0.5, 0.6) is 0 Å². The third-order valence-electron chi connectivity index (χ3n) is 3.93. The smallest absolute Gasteiger partial charge is 0.327 e. The first-order valence-electron chi connectivity index (χ1n) is 8.41. The molecule has 0 heterocycles. The Balaban J connectivity index is 4.78. The van der Waals surface area contributed by atoms with Crippen LogP contribution in [-0.4, -0.2) is 59.3 Å². The maximum atomic E-state index is 12.4. The highest BCUT2D eigenvalue weighted by Crippen LogP contribution is 2.09. The van der Waals surface area contributed by atoms with Gasteiger partial charge >= 0.3 is 5.97 Å². The fraction of sp³-hybridized carbons (Fsp3) is 0.733. The molecule has 9 N–H and O–H groups in total. The zero-order valence-corrected chi connectivity index (χ0v) is 16.0. The third-order valence-corrected chi connectivity index (χ3v) is 4.30. The van der Waals surface area contributed by atoms with Gasteiger partial charge in [0.05, 0.1) is 6.04 Å². The number of amides is 2. The van der Waals surface area contributed by atoms with Gasteiger partial charge in [-0.25, -0.2) is 4.79 Å². The monoisotopic (exact) mass is 390 g/mol. The molecule has 2 amide bonds. The molecule has 0 saturated heterocycles. The van der Waals surface area contributed by atoms with E-state index in [0.717, 1.165) is 0 Å². The number of nitrogens with two attached hydrogens (primary N) is 2. The number of aliphatic carboxylic acids is 1. The second-order valence-electron chi connectivity index (χ2n) is 6.04. The molecule has 26 heavy (non-hydrogen) atoms. The highest BCUT2D eigenvalue weighted by Gasteiger charge is 2.30. The molecule has 0 aromatic carbocycles. The lowest BCUT2D eigenvalue weighted by atomic mass is 9.97. The van der Waals surface area contributed by atoms with Gasteiger partial charge in [-0.05, 0) is 18.8 Å². The number of carboxylic acids is 1. The molecule has 0 saturated carbocycles. The molecule has 0 fully saturated rings. The quantitative estimate of drug-likeness (QED) is 0.0872. The molecule has 10 nitrogen and oxygen atoms in total. The average Bonchev–Trinajstić information content (AvgIpc) is 2.59. The van der Waals surface area contributed by atoms with Crippen molar-refractivity contribution < 1.29 is 19.5 Å². The van der Waals surface area contributed by atoms with Crippen molar-refractivity contribution in [2.24, 2.45) is 17.4 Å². The van der Waals surface area contributed by atoms with Gasteiger partial charge in [-0.1, -0.05) is 20.3 Å². The van der Waals surface area contributed by atoms with Crippen molar-refractivity contribution in [2.45, 2.75) is 51.2 Å². The maximum absolute atomic E-state index is 12.4. The van der Waals surface area contributed by atoms with E-state index >= 15 is 0 Å². The number of carboxylic acid groups (broad SMARTS) is 1. The fourth-order valence-corrected chi connectivity index (χ4v) is 2.33. The van der Waals surface area contributed by atoms with Crippen molar-refractivity contribution in [1.29, 1.82) is 5.41 Å². The molecule has 4 atom stereocenters. The van der Waals surface area contributed by atoms with E-state index in [4.69, 9.17) is 22.0 Å². The molecule has 0 aliphatic heterocycles. The minimum Gasteiger partial charge on any atom is -0.480 e. The van der Waals surface area contributed by atoms with Crippen molar-refractivity contribution in [3.63, 3.8) is 0 Å². The highest BCUT2D eigenvalue weighted by atomic mass is 32.1. The molecular weight excluding hydrogens is 360 g/mol. The second kappa shape index (κ2) is 12.4. The minimum atomic E-state index is -1.20. The largest absolute Gasteiger partial charge is 0.480 e. The first-order chi connectivity index (χ1) is 12.1. The van der Waals surface area contributed by atoms with Gasteiger partial charge in [0, 0.05) is 12.3 Å². The molecular formula is C15H30N6O4S. The molecule has 0 unspecified atom stereocenters. The molecule has 11 heteroatoms. The first-order valence-corrected chi connectivity index (χ1v) is 9.05. The van der Waals surface area contributed by atoms with Gasteiger partial charge < -0.3 is 32.5 Å². The SMILES string of the molecule is CC[C@H](C)[C@H](NC(=O)[C@@H](N)CCCNC(=N)N)C(=O)N[C@@H](CS)C(=O)O. The minimum absolute atomic E-state index is 0.0646. The Morgan fingerprint density at radius 3 is 2.31 bits per heavy atom. The van der Waals surface area contributed by atoms with Crippen LogP contribution in [0.3, 0.4) is 0 Å². The first kappa shape index (κ1) is 24.0. The molecule has 0 radical (unpaired) electrons. The lowest BCUT2D eigenvalue weighted by Gasteiger charge is -2.26. The molecule has 0 rings (SSSR count). The lowest BCUT2D eigenvalue weighted by molar-refractivity contribution is -0.141. The molecule has 0 aliphatic carbocycles. The zero-order chi connectivity index (χ0) is 20.3. The van der Waals surface area contributed by atoms with Crippen LogP contribution in [0.1, 0.15) is 33.1 Å². The molecule has 150 valence electrons. The van der Waals surface area contributed by atoms with Gasteiger partial charge in [0.1, 0.15) is 12.1 Å². The summed E-state index contributed by atoms with van der Waals surface area (Å²) in [7, 11) is 0. The van der Waals surface area contributed by atoms with Crippen LogP contribution < -0.4 is 27.4 Å². The van der Waals surface area contributed by atoms with E-state index in [1.807, 2.05) is 6.92 Å². The molecule has 0 aromatic heterocycles. The van der Waals surface area contributed by atoms with Gasteiger partial charge in [0.15, 0.2) is 5.96 Å². The molecule has 0 aliphatic rings. The van der Waals surface area contributed by atoms with E-state index in [1.54, 1.807) is 6.92 Å². The van der Waals surface area contributed by atoms with Crippen LogP contribution in [0, 0.1) is 11.3 Å². The van der Waals surface area contributed by atoms with Gasteiger partial charge in [-0.3, -0.25) is 15.0 Å². The van der Waals surface area contributed by atoms with Crippen LogP contribution in [-0.2, 0) is 14.4 Å². The Morgan fingerprint density at radius 2 is 1.85 bits per heavy atom. The summed E-state index contributed by atoms with van der Waals surface area (Å²) in [5, 5.41) is 23.7. The maximum Gasteiger partial charge on any atom is 0.327 e. The predicted molar refractivity (Wildman–Crippen MR) is 102 cm³/mol. The van der Waals surface area contributed by atoms with Crippen molar-refractivity contribution >= 4 is 36.4 Å². The average molecular weight is 391 g/mol. The van der Waals surface area contributed by atoms with Crippen LogP contribution in [0.25, 0.3) is 0 Å². The Bertz CT molecular complexity index is 505. The van der Waals surface area contributed by atoms with E-state index in [0.29, 0.717) is 25.8 Å². The van der Waals surface area contributed by atoms with Crippen molar-refractivity contribution in [3.05, 3.63) is 0 Å². The predicted octanol–water partition coefficient (Wildman–Crippen LogP) is -1.39. The Morgan fingerprint density at radius 1 is 1.23 bits per heavy atom. The van der Waals surface area contributed by atoms with Gasteiger partial charge in [0.25, 0.3) is 0 Å². The van der Waals surface area contributed by atoms with Crippen LogP contribution in [0.15, 0.2) is 0 Å². The normalized spacial score (nSPS) is 15.2. The molecule has 0 spiro atoms. The summed E-state index contributed by atoms with van der Waals surface area (Å²) in [6.07, 6.45) is 1.47. The van der Waals surface area contributed by atoms with Crippen LogP contribution >= 0.6 is 12.6 Å². The summed E-state index contributed by atoms with van der Waals surface area (Å²) in [4.78, 5) is 35.7. The van der Waals surface area contributed by atoms with Gasteiger partial charge in [0.2, 0.25) is 11.8 Å². The summed E-state index contributed by atoms with van der Waals surface area (Å²) >= 11 is 3.90. The van der Waals surface area contributed by atoms with E-state index in [1.165, 1.54) is 0 Å². The number of carbonyl (C=O) groups excluding carboxylic acids is 2. The summed E-state index contributed by atoms with van der Waals surface area (Å²) in [5.41, 5.74) is 11.0. The van der Waals surface area contributed by atoms with Crippen molar-refractivity contribution in [3.8, 4) is 0 Å².